The number of allylic oxidation sites excluding steroid dienone is 2. The van der Waals surface area contributed by atoms with Crippen LogP contribution < -0.4 is 5.73 Å². The zero-order valence-corrected chi connectivity index (χ0v) is 6.26. The maximum Gasteiger partial charge on any atom is 0.261 e. The van der Waals surface area contributed by atoms with E-state index in [2.05, 4.69) is 0 Å². The quantitative estimate of drug-likeness (QED) is 0.478. The summed E-state index contributed by atoms with van der Waals surface area (Å²) in [6.45, 7) is 3.35. The summed E-state index contributed by atoms with van der Waals surface area (Å²) < 4.78 is 0. The fourth-order valence-corrected chi connectivity index (χ4v) is 0.567. The van der Waals surface area contributed by atoms with Gasteiger partial charge in [0, 0.05) is 6.92 Å². The van der Waals surface area contributed by atoms with E-state index >= 15 is 0 Å². The molecule has 0 heterocycles. The van der Waals surface area contributed by atoms with Crippen molar-refractivity contribution in [3.05, 3.63) is 21.5 Å². The van der Waals surface area contributed by atoms with Crippen molar-refractivity contribution in [2.75, 3.05) is 0 Å². The minimum absolute atomic E-state index is 0.0712. The number of nitro groups is 1. The van der Waals surface area contributed by atoms with E-state index in [0.29, 0.717) is 12.1 Å². The van der Waals surface area contributed by atoms with Crippen molar-refractivity contribution in [2.24, 2.45) is 5.73 Å². The van der Waals surface area contributed by atoms with E-state index in [1.807, 2.05) is 6.92 Å². The Bertz CT molecular complexity index is 163. The predicted octanol–water partition coefficient (Wildman–Crippen LogP) is 1.25. The molecule has 0 rings (SSSR count). The standard InChI is InChI=1S/C6H12N2O2/c1-3-4-6(7)5(2)8(9)10/h3-4,7H2,1-2H3/b6-5+. The number of nitrogens with two attached hydrogens (primary N) is 1. The zero-order chi connectivity index (χ0) is 8.15. The minimum Gasteiger partial charge on any atom is -0.397 e. The Kier molecular flexibility index (Phi) is 3.46. The Balaban J connectivity index is 4.19. The molecular weight excluding hydrogens is 132 g/mol. The van der Waals surface area contributed by atoms with Crippen molar-refractivity contribution < 1.29 is 4.92 Å². The molecule has 4 heteroatoms. The van der Waals surface area contributed by atoms with Gasteiger partial charge in [-0.3, -0.25) is 10.1 Å². The van der Waals surface area contributed by atoms with Crippen LogP contribution in [0.1, 0.15) is 26.7 Å². The van der Waals surface area contributed by atoms with Crippen LogP contribution in [0.4, 0.5) is 0 Å². The monoisotopic (exact) mass is 144 g/mol. The van der Waals surface area contributed by atoms with Crippen LogP contribution in [0.3, 0.4) is 0 Å². The first kappa shape index (κ1) is 8.94. The van der Waals surface area contributed by atoms with E-state index in [4.69, 9.17) is 5.73 Å². The molecule has 0 atom stereocenters. The van der Waals surface area contributed by atoms with Gasteiger partial charge in [0.25, 0.3) is 5.70 Å². The highest BCUT2D eigenvalue weighted by Gasteiger charge is 2.06. The van der Waals surface area contributed by atoms with Crippen molar-refractivity contribution in [2.45, 2.75) is 26.7 Å². The summed E-state index contributed by atoms with van der Waals surface area (Å²) in [7, 11) is 0. The molecule has 0 spiro atoms. The van der Waals surface area contributed by atoms with Crippen LogP contribution in [0.25, 0.3) is 0 Å². The number of rotatable bonds is 3. The van der Waals surface area contributed by atoms with E-state index in [-0.39, 0.29) is 5.70 Å². The van der Waals surface area contributed by atoms with Gasteiger partial charge in [0.15, 0.2) is 0 Å². The molecule has 0 saturated heterocycles. The number of hydrogen-bond donors (Lipinski definition) is 1. The second-order valence-electron chi connectivity index (χ2n) is 2.12. The van der Waals surface area contributed by atoms with Crippen molar-refractivity contribution in [1.82, 2.24) is 0 Å². The summed E-state index contributed by atoms with van der Waals surface area (Å²) >= 11 is 0. The number of hydrogen-bond acceptors (Lipinski definition) is 3. The largest absolute Gasteiger partial charge is 0.397 e. The maximum absolute atomic E-state index is 10.1. The Morgan fingerprint density at radius 3 is 2.50 bits per heavy atom. The number of nitrogens with zero attached hydrogens (tertiary/aromatic N) is 1. The Morgan fingerprint density at radius 1 is 1.70 bits per heavy atom. The van der Waals surface area contributed by atoms with Crippen molar-refractivity contribution in [3.8, 4) is 0 Å². The SMILES string of the molecule is CCC/C(N)=C(/C)[N+](=O)[O-]. The lowest BCUT2D eigenvalue weighted by Crippen LogP contribution is -2.06. The van der Waals surface area contributed by atoms with Crippen LogP contribution in [0, 0.1) is 10.1 Å². The van der Waals surface area contributed by atoms with Crippen molar-refractivity contribution in [3.63, 3.8) is 0 Å². The molecule has 0 unspecified atom stereocenters. The van der Waals surface area contributed by atoms with Crippen molar-refractivity contribution >= 4 is 0 Å². The smallest absolute Gasteiger partial charge is 0.261 e. The van der Waals surface area contributed by atoms with Gasteiger partial charge in [-0.1, -0.05) is 13.3 Å². The molecular formula is C6H12N2O2. The first-order valence-corrected chi connectivity index (χ1v) is 3.19. The lowest BCUT2D eigenvalue weighted by atomic mass is 10.2. The summed E-state index contributed by atoms with van der Waals surface area (Å²) in [5, 5.41) is 10.1. The second-order valence-corrected chi connectivity index (χ2v) is 2.12. The molecule has 0 aliphatic carbocycles. The minimum atomic E-state index is -0.453. The van der Waals surface area contributed by atoms with Gasteiger partial charge in [-0.25, -0.2) is 0 Å². The van der Waals surface area contributed by atoms with E-state index in [1.54, 1.807) is 0 Å². The van der Waals surface area contributed by atoms with Gasteiger partial charge >= 0.3 is 0 Å². The van der Waals surface area contributed by atoms with Crippen LogP contribution >= 0.6 is 0 Å². The molecule has 0 aromatic rings. The Labute approximate surface area is 59.9 Å². The van der Waals surface area contributed by atoms with Crippen LogP contribution in [0.2, 0.25) is 0 Å². The molecule has 0 saturated carbocycles. The lowest BCUT2D eigenvalue weighted by molar-refractivity contribution is -0.425. The highest BCUT2D eigenvalue weighted by molar-refractivity contribution is 4.99. The molecule has 2 N–H and O–H groups in total. The normalized spacial score (nSPS) is 12.6. The molecule has 0 fully saturated rings. The average molecular weight is 144 g/mol. The molecule has 58 valence electrons. The van der Waals surface area contributed by atoms with Gasteiger partial charge in [0.1, 0.15) is 0 Å². The second kappa shape index (κ2) is 3.87. The zero-order valence-electron chi connectivity index (χ0n) is 6.26. The third-order valence-corrected chi connectivity index (χ3v) is 1.26. The van der Waals surface area contributed by atoms with Crippen molar-refractivity contribution in [1.29, 1.82) is 0 Å². The maximum atomic E-state index is 10.1. The van der Waals surface area contributed by atoms with Gasteiger partial charge < -0.3 is 5.73 Å². The van der Waals surface area contributed by atoms with Crippen LogP contribution in [0.5, 0.6) is 0 Å². The van der Waals surface area contributed by atoms with E-state index in [1.165, 1.54) is 6.92 Å². The predicted molar refractivity (Wildman–Crippen MR) is 38.8 cm³/mol. The van der Waals surface area contributed by atoms with Gasteiger partial charge in [0.2, 0.25) is 0 Å². The summed E-state index contributed by atoms with van der Waals surface area (Å²) in [4.78, 5) is 9.63. The highest BCUT2D eigenvalue weighted by Crippen LogP contribution is 2.04. The van der Waals surface area contributed by atoms with Gasteiger partial charge in [-0.15, -0.1) is 0 Å². The lowest BCUT2D eigenvalue weighted by Gasteiger charge is -1.96. The molecule has 0 bridgehead atoms. The summed E-state index contributed by atoms with van der Waals surface area (Å²) in [6.07, 6.45) is 1.45. The van der Waals surface area contributed by atoms with Crippen LogP contribution in [-0.2, 0) is 0 Å². The fourth-order valence-electron chi connectivity index (χ4n) is 0.567. The average Bonchev–Trinajstić information content (AvgIpc) is 1.87. The third-order valence-electron chi connectivity index (χ3n) is 1.26. The summed E-state index contributed by atoms with van der Waals surface area (Å²) in [5.41, 5.74) is 5.82. The molecule has 4 nitrogen and oxygen atoms in total. The summed E-state index contributed by atoms with van der Waals surface area (Å²) in [6, 6.07) is 0. The van der Waals surface area contributed by atoms with Gasteiger partial charge in [-0.2, -0.15) is 0 Å². The van der Waals surface area contributed by atoms with E-state index < -0.39 is 4.92 Å². The van der Waals surface area contributed by atoms with Crippen LogP contribution in [-0.4, -0.2) is 4.92 Å². The molecule has 0 aromatic heterocycles. The molecule has 0 radical (unpaired) electrons. The fraction of sp³-hybridized carbons (Fsp3) is 0.667. The molecule has 0 aliphatic heterocycles. The van der Waals surface area contributed by atoms with Crippen LogP contribution in [0.15, 0.2) is 11.4 Å². The first-order valence-electron chi connectivity index (χ1n) is 3.19. The molecule has 0 aliphatic rings. The Hall–Kier alpha value is -1.06. The van der Waals surface area contributed by atoms with E-state index in [0.717, 1.165) is 6.42 Å². The highest BCUT2D eigenvalue weighted by atomic mass is 16.6. The van der Waals surface area contributed by atoms with E-state index in [9.17, 15) is 10.1 Å². The summed E-state index contributed by atoms with van der Waals surface area (Å²) in [5.74, 6) is 0. The topological polar surface area (TPSA) is 69.2 Å². The molecule has 0 amide bonds. The third kappa shape index (κ3) is 2.48. The molecule has 0 aromatic carbocycles. The molecule has 10 heavy (non-hydrogen) atoms. The first-order chi connectivity index (χ1) is 4.59. The van der Waals surface area contributed by atoms with Gasteiger partial charge in [0.05, 0.1) is 10.6 Å². The van der Waals surface area contributed by atoms with Gasteiger partial charge in [-0.05, 0) is 6.42 Å². The Morgan fingerprint density at radius 2 is 2.20 bits per heavy atom.